The van der Waals surface area contributed by atoms with E-state index in [1.807, 2.05) is 4.90 Å². The standard InChI is InChI=1S/C14H27N3O3/c1-11(13(18)19)9-16(4)14(20)17-7-5-12(6-8-17)10-15(2)3/h11-12H,5-10H2,1-4H3,(H,18,19). The van der Waals surface area contributed by atoms with E-state index in [1.165, 1.54) is 4.90 Å². The fourth-order valence-corrected chi connectivity index (χ4v) is 2.63. The van der Waals surface area contributed by atoms with E-state index in [4.69, 9.17) is 5.11 Å². The lowest BCUT2D eigenvalue weighted by atomic mass is 9.96. The quantitative estimate of drug-likeness (QED) is 0.819. The monoisotopic (exact) mass is 285 g/mol. The number of piperidine rings is 1. The fraction of sp³-hybridized carbons (Fsp3) is 0.857. The highest BCUT2D eigenvalue weighted by Crippen LogP contribution is 2.18. The summed E-state index contributed by atoms with van der Waals surface area (Å²) in [5.74, 6) is -0.748. The summed E-state index contributed by atoms with van der Waals surface area (Å²) in [5, 5.41) is 8.89. The van der Waals surface area contributed by atoms with E-state index >= 15 is 0 Å². The molecule has 0 aromatic rings. The fourth-order valence-electron chi connectivity index (χ4n) is 2.63. The van der Waals surface area contributed by atoms with Crippen molar-refractivity contribution in [3.63, 3.8) is 0 Å². The van der Waals surface area contributed by atoms with Gasteiger partial charge in [0.1, 0.15) is 0 Å². The Balaban J connectivity index is 2.40. The first kappa shape index (κ1) is 16.8. The number of carbonyl (C=O) groups is 2. The van der Waals surface area contributed by atoms with Crippen LogP contribution in [0.25, 0.3) is 0 Å². The number of rotatable bonds is 5. The Morgan fingerprint density at radius 3 is 2.25 bits per heavy atom. The number of hydrogen-bond acceptors (Lipinski definition) is 3. The molecule has 0 aliphatic carbocycles. The number of likely N-dealkylation sites (tertiary alicyclic amines) is 1. The second-order valence-electron chi connectivity index (χ2n) is 6.10. The maximum atomic E-state index is 12.2. The van der Waals surface area contributed by atoms with Gasteiger partial charge in [0.25, 0.3) is 0 Å². The third-order valence-electron chi connectivity index (χ3n) is 3.80. The maximum absolute atomic E-state index is 12.2. The van der Waals surface area contributed by atoms with Crippen molar-refractivity contribution in [2.45, 2.75) is 19.8 Å². The summed E-state index contributed by atoms with van der Waals surface area (Å²) >= 11 is 0. The number of nitrogens with zero attached hydrogens (tertiary/aromatic N) is 3. The van der Waals surface area contributed by atoms with Crippen LogP contribution in [0.2, 0.25) is 0 Å². The highest BCUT2D eigenvalue weighted by atomic mass is 16.4. The van der Waals surface area contributed by atoms with Crippen LogP contribution in [-0.2, 0) is 4.79 Å². The molecule has 1 atom stereocenters. The number of aliphatic carboxylic acids is 1. The van der Waals surface area contributed by atoms with Crippen molar-refractivity contribution in [1.29, 1.82) is 0 Å². The Labute approximate surface area is 121 Å². The van der Waals surface area contributed by atoms with Gasteiger partial charge in [0.15, 0.2) is 0 Å². The van der Waals surface area contributed by atoms with Gasteiger partial charge >= 0.3 is 12.0 Å². The number of amides is 2. The van der Waals surface area contributed by atoms with Crippen LogP contribution in [0.15, 0.2) is 0 Å². The van der Waals surface area contributed by atoms with E-state index in [0.717, 1.165) is 32.5 Å². The summed E-state index contributed by atoms with van der Waals surface area (Å²) in [6, 6.07) is -0.0543. The number of carbonyl (C=O) groups excluding carboxylic acids is 1. The van der Waals surface area contributed by atoms with Gasteiger partial charge in [-0.1, -0.05) is 6.92 Å². The average Bonchev–Trinajstić information content (AvgIpc) is 2.37. The summed E-state index contributed by atoms with van der Waals surface area (Å²) in [7, 11) is 5.81. The summed E-state index contributed by atoms with van der Waals surface area (Å²) < 4.78 is 0. The van der Waals surface area contributed by atoms with Crippen LogP contribution in [0.5, 0.6) is 0 Å². The number of carboxylic acid groups (broad SMARTS) is 1. The van der Waals surface area contributed by atoms with Crippen LogP contribution in [0.1, 0.15) is 19.8 Å². The van der Waals surface area contributed by atoms with Crippen molar-refractivity contribution < 1.29 is 14.7 Å². The molecule has 0 spiro atoms. The summed E-state index contributed by atoms with van der Waals surface area (Å²) in [6.45, 7) is 4.47. The molecule has 1 aliphatic heterocycles. The Morgan fingerprint density at radius 1 is 1.25 bits per heavy atom. The predicted octanol–water partition coefficient (Wildman–Crippen LogP) is 1.03. The normalized spacial score (nSPS) is 18.1. The molecular formula is C14H27N3O3. The lowest BCUT2D eigenvalue weighted by Crippen LogP contribution is -2.47. The molecule has 6 nitrogen and oxygen atoms in total. The molecule has 0 aromatic heterocycles. The number of hydrogen-bond donors (Lipinski definition) is 1. The number of urea groups is 1. The van der Waals surface area contributed by atoms with E-state index in [-0.39, 0.29) is 12.6 Å². The van der Waals surface area contributed by atoms with Crippen molar-refractivity contribution in [2.24, 2.45) is 11.8 Å². The van der Waals surface area contributed by atoms with Gasteiger partial charge < -0.3 is 19.8 Å². The minimum absolute atomic E-state index is 0.0543. The van der Waals surface area contributed by atoms with Gasteiger partial charge in [-0.15, -0.1) is 0 Å². The molecular weight excluding hydrogens is 258 g/mol. The van der Waals surface area contributed by atoms with Crippen LogP contribution >= 0.6 is 0 Å². The van der Waals surface area contributed by atoms with Gasteiger partial charge in [0.05, 0.1) is 5.92 Å². The Kier molecular flexibility index (Phi) is 6.26. The van der Waals surface area contributed by atoms with Gasteiger partial charge in [0, 0.05) is 33.2 Å². The summed E-state index contributed by atoms with van der Waals surface area (Å²) in [4.78, 5) is 28.6. The molecule has 1 rings (SSSR count). The molecule has 1 fully saturated rings. The van der Waals surface area contributed by atoms with Gasteiger partial charge in [-0.25, -0.2) is 4.79 Å². The molecule has 0 aromatic carbocycles. The lowest BCUT2D eigenvalue weighted by molar-refractivity contribution is -0.141. The van der Waals surface area contributed by atoms with Crippen LogP contribution in [0.3, 0.4) is 0 Å². The van der Waals surface area contributed by atoms with Crippen molar-refractivity contribution in [2.75, 3.05) is 47.3 Å². The second kappa shape index (κ2) is 7.47. The van der Waals surface area contributed by atoms with Gasteiger partial charge in [0.2, 0.25) is 0 Å². The van der Waals surface area contributed by atoms with E-state index < -0.39 is 11.9 Å². The zero-order chi connectivity index (χ0) is 15.3. The first-order valence-electron chi connectivity index (χ1n) is 7.18. The van der Waals surface area contributed by atoms with E-state index in [1.54, 1.807) is 14.0 Å². The predicted molar refractivity (Wildman–Crippen MR) is 77.7 cm³/mol. The first-order valence-corrected chi connectivity index (χ1v) is 7.18. The number of carboxylic acids is 1. The molecule has 1 aliphatic rings. The smallest absolute Gasteiger partial charge is 0.319 e. The summed E-state index contributed by atoms with van der Waals surface area (Å²) in [5.41, 5.74) is 0. The van der Waals surface area contributed by atoms with E-state index in [0.29, 0.717) is 5.92 Å². The van der Waals surface area contributed by atoms with Gasteiger partial charge in [-0.2, -0.15) is 0 Å². The molecule has 0 bridgehead atoms. The van der Waals surface area contributed by atoms with Crippen LogP contribution in [0.4, 0.5) is 4.79 Å². The molecule has 1 unspecified atom stereocenters. The topological polar surface area (TPSA) is 64.1 Å². The molecule has 1 saturated heterocycles. The molecule has 116 valence electrons. The third-order valence-corrected chi connectivity index (χ3v) is 3.80. The SMILES string of the molecule is CC(CN(C)C(=O)N1CCC(CN(C)C)CC1)C(=O)O. The van der Waals surface area contributed by atoms with Gasteiger partial charge in [-0.3, -0.25) is 4.79 Å². The van der Waals surface area contributed by atoms with Crippen molar-refractivity contribution in [3.8, 4) is 0 Å². The van der Waals surface area contributed by atoms with E-state index in [9.17, 15) is 9.59 Å². The average molecular weight is 285 g/mol. The Hall–Kier alpha value is -1.30. The first-order chi connectivity index (χ1) is 9.31. The van der Waals surface area contributed by atoms with Crippen LogP contribution < -0.4 is 0 Å². The molecule has 0 saturated carbocycles. The Morgan fingerprint density at radius 2 is 1.80 bits per heavy atom. The van der Waals surface area contributed by atoms with Crippen molar-refractivity contribution in [3.05, 3.63) is 0 Å². The largest absolute Gasteiger partial charge is 0.481 e. The molecule has 0 radical (unpaired) electrons. The minimum Gasteiger partial charge on any atom is -0.481 e. The lowest BCUT2D eigenvalue weighted by Gasteiger charge is -2.35. The highest BCUT2D eigenvalue weighted by molar-refractivity contribution is 5.76. The third kappa shape index (κ3) is 5.00. The second-order valence-corrected chi connectivity index (χ2v) is 6.10. The zero-order valence-corrected chi connectivity index (χ0v) is 13.0. The maximum Gasteiger partial charge on any atom is 0.319 e. The zero-order valence-electron chi connectivity index (χ0n) is 13.0. The molecule has 6 heteroatoms. The van der Waals surface area contributed by atoms with E-state index in [2.05, 4.69) is 19.0 Å². The van der Waals surface area contributed by atoms with Gasteiger partial charge in [-0.05, 0) is 32.9 Å². The van der Waals surface area contributed by atoms with Crippen molar-refractivity contribution in [1.82, 2.24) is 14.7 Å². The Bertz CT molecular complexity index is 339. The van der Waals surface area contributed by atoms with Crippen LogP contribution in [-0.4, -0.2) is 79.1 Å². The van der Waals surface area contributed by atoms with Crippen molar-refractivity contribution >= 4 is 12.0 Å². The minimum atomic E-state index is -0.866. The molecule has 2 amide bonds. The summed E-state index contributed by atoms with van der Waals surface area (Å²) in [6.07, 6.45) is 2.04. The molecule has 1 N–H and O–H groups in total. The van der Waals surface area contributed by atoms with Crippen LogP contribution in [0, 0.1) is 11.8 Å². The highest BCUT2D eigenvalue weighted by Gasteiger charge is 2.26. The molecule has 1 heterocycles. The molecule has 20 heavy (non-hydrogen) atoms.